The monoisotopic (exact) mass is 1610 g/mol. The number of piperidine rings is 3. The number of H-pyrrole nitrogens is 2. The van der Waals surface area contributed by atoms with Crippen molar-refractivity contribution in [1.29, 1.82) is 0 Å². The lowest BCUT2D eigenvalue weighted by Gasteiger charge is -2.37. The Morgan fingerprint density at radius 2 is 0.809 bits per heavy atom. The number of aromatic amines is 2. The third-order valence-electron chi connectivity index (χ3n) is 22.3. The van der Waals surface area contributed by atoms with Crippen molar-refractivity contribution in [2.45, 2.75) is 186 Å². The molecule has 3 saturated heterocycles. The average Bonchev–Trinajstić information content (AvgIpc) is 1.66. The standard InChI is InChI=1S/C31H35ClN4O3.2C30H35ClN4O3/c1-31(2,3)39-30(38)36-14-11-20(12-15-36)28-24-9-8-23(32)17-22(24)16-21(25-6-5-13-33-29(25)28)7-10-27(37)26-18-35(4)19-34-26;2*1-30(2,3)38-29(37)35-13-10-19(11-14-35)27-23-8-7-22(31)16-21(23)15-20(24-5-4-12-33-28(24)27)6-9-26(36)25-17-32-18-34-25/h5-6,8-9,13,16-20,28H,7,10-12,14-15H2,1-4H3;2*4-5,7-8,12,15-19,26-27,36H,6,9-11,13-14H2,1-3H3,(H,32,34). The number of pyridine rings is 3. The van der Waals surface area contributed by atoms with E-state index in [9.17, 15) is 29.4 Å². The molecule has 4 N–H and O–H groups in total. The predicted molar refractivity (Wildman–Crippen MR) is 450 cm³/mol. The first kappa shape index (κ1) is 83.2. The number of benzene rings is 3. The number of nitrogens with one attached hydrogen (secondary N) is 2. The molecule has 3 aromatic carbocycles. The molecule has 9 heterocycles. The van der Waals surface area contributed by atoms with Gasteiger partial charge in [-0.2, -0.15) is 0 Å². The Kier molecular flexibility index (Phi) is 26.2. The maximum Gasteiger partial charge on any atom is 0.410 e. The highest BCUT2D eigenvalue weighted by Gasteiger charge is 2.41. The fourth-order valence-electron chi connectivity index (χ4n) is 16.9. The SMILES string of the molecule is CC(C)(C)OC(=O)N1CCC(C2c3ccc(Cl)cc3C=C(CCC(O)c3cnc[nH]3)c3cccnc32)CC1.CC(C)(C)OC(=O)N1CCC(C2c3ccc(Cl)cc3C=C(CCC(O)c3cnc[nH]3)c3cccnc32)CC1.Cn1cnc(C(=O)CCC2=Cc3cc(Cl)ccc3C(C3CCN(C(=O)OC(C)(C)C)CC3)c3ncccc32)c1. The third-order valence-corrected chi connectivity index (χ3v) is 23.0. The van der Waals surface area contributed by atoms with E-state index in [1.165, 1.54) is 16.7 Å². The molecule has 5 unspecified atom stereocenters. The summed E-state index contributed by atoms with van der Waals surface area (Å²) < 4.78 is 18.6. The fourth-order valence-corrected chi connectivity index (χ4v) is 17.5. The molecule has 3 aliphatic carbocycles. The number of likely N-dealkylation sites (tertiary alicyclic amines) is 3. The molecule has 21 nitrogen and oxygen atoms in total. The average molecular weight is 1620 g/mol. The second kappa shape index (κ2) is 36.2. The number of imidazole rings is 3. The first-order valence-corrected chi connectivity index (χ1v) is 41.2. The van der Waals surface area contributed by atoms with Crippen LogP contribution in [-0.4, -0.2) is 149 Å². The molecule has 6 aromatic heterocycles. The Bertz CT molecular complexity index is 4810. The molecule has 0 bridgehead atoms. The van der Waals surface area contributed by atoms with Crippen molar-refractivity contribution >= 4 is 93.8 Å². The van der Waals surface area contributed by atoms with Gasteiger partial charge in [-0.1, -0.05) is 89.4 Å². The molecule has 3 aliphatic heterocycles. The molecule has 5 atom stereocenters. The van der Waals surface area contributed by atoms with Gasteiger partial charge in [0.25, 0.3) is 0 Å². The summed E-state index contributed by atoms with van der Waals surface area (Å²) in [5, 5.41) is 23.5. The molecule has 9 aromatic rings. The highest BCUT2D eigenvalue weighted by molar-refractivity contribution is 6.31. The molecule has 604 valence electrons. The number of Topliss-reactive ketones (excluding diaryl/α,β-unsaturated/α-hetero) is 1. The van der Waals surface area contributed by atoms with Crippen LogP contribution in [0.2, 0.25) is 15.1 Å². The number of hydrogen-bond acceptors (Lipinski definition) is 15. The van der Waals surface area contributed by atoms with Gasteiger partial charge >= 0.3 is 18.3 Å². The summed E-state index contributed by atoms with van der Waals surface area (Å²) in [6, 6.07) is 30.5. The van der Waals surface area contributed by atoms with Gasteiger partial charge in [-0.25, -0.2) is 29.3 Å². The van der Waals surface area contributed by atoms with Crippen molar-refractivity contribution in [3.05, 3.63) is 246 Å². The van der Waals surface area contributed by atoms with Gasteiger partial charge in [-0.05, 0) is 272 Å². The van der Waals surface area contributed by atoms with Gasteiger partial charge in [0.2, 0.25) is 0 Å². The zero-order chi connectivity index (χ0) is 81.5. The molecule has 3 amide bonds. The van der Waals surface area contributed by atoms with E-state index in [-0.39, 0.29) is 41.8 Å². The number of allylic oxidation sites excluding steroid dienone is 3. The predicted octanol–water partition coefficient (Wildman–Crippen LogP) is 20.0. The van der Waals surface area contributed by atoms with E-state index in [2.05, 4.69) is 79.5 Å². The van der Waals surface area contributed by atoms with Gasteiger partial charge < -0.3 is 53.7 Å². The number of ketones is 1. The molecule has 115 heavy (non-hydrogen) atoms. The largest absolute Gasteiger partial charge is 0.444 e. The summed E-state index contributed by atoms with van der Waals surface area (Å²) in [5.74, 6) is 1.13. The van der Waals surface area contributed by atoms with E-state index in [0.717, 1.165) is 106 Å². The van der Waals surface area contributed by atoms with Crippen molar-refractivity contribution in [3.63, 3.8) is 0 Å². The molecular weight excluding hydrogens is 1510 g/mol. The zero-order valence-corrected chi connectivity index (χ0v) is 69.6. The van der Waals surface area contributed by atoms with Gasteiger partial charge in [0.1, 0.15) is 22.5 Å². The number of rotatable bonds is 15. The summed E-state index contributed by atoms with van der Waals surface area (Å²) >= 11 is 19.4. The minimum absolute atomic E-state index is 0.0172. The Morgan fingerprint density at radius 3 is 1.10 bits per heavy atom. The zero-order valence-electron chi connectivity index (χ0n) is 67.3. The molecule has 0 spiro atoms. The van der Waals surface area contributed by atoms with Crippen LogP contribution in [0.4, 0.5) is 14.4 Å². The summed E-state index contributed by atoms with van der Waals surface area (Å²) in [5.41, 5.74) is 16.9. The lowest BCUT2D eigenvalue weighted by Crippen LogP contribution is -2.42. The number of halogens is 3. The van der Waals surface area contributed by atoms with Crippen molar-refractivity contribution in [1.82, 2.24) is 59.1 Å². The Hall–Kier alpha value is -9.77. The van der Waals surface area contributed by atoms with E-state index in [0.29, 0.717) is 128 Å². The smallest absolute Gasteiger partial charge is 0.410 e. The first-order valence-electron chi connectivity index (χ1n) is 40.1. The number of aliphatic hydroxyl groups is 2. The van der Waals surface area contributed by atoms with Crippen molar-refractivity contribution < 1.29 is 43.6 Å². The highest BCUT2D eigenvalue weighted by Crippen LogP contribution is 2.50. The summed E-state index contributed by atoms with van der Waals surface area (Å²) in [7, 11) is 1.86. The van der Waals surface area contributed by atoms with E-state index in [4.69, 9.17) is 64.0 Å². The van der Waals surface area contributed by atoms with Crippen LogP contribution in [0.1, 0.15) is 258 Å². The number of carbonyl (C=O) groups is 4. The Labute approximate surface area is 689 Å². The van der Waals surface area contributed by atoms with Crippen LogP contribution in [0.25, 0.3) is 34.9 Å². The van der Waals surface area contributed by atoms with Crippen molar-refractivity contribution in [2.24, 2.45) is 24.8 Å². The second-order valence-electron chi connectivity index (χ2n) is 34.0. The maximum atomic E-state index is 12.9. The van der Waals surface area contributed by atoms with Crippen LogP contribution in [0.5, 0.6) is 0 Å². The molecule has 0 radical (unpaired) electrons. The van der Waals surface area contributed by atoms with Crippen LogP contribution >= 0.6 is 34.8 Å². The number of aliphatic hydroxyl groups excluding tert-OH is 2. The van der Waals surface area contributed by atoms with Crippen molar-refractivity contribution in [2.75, 3.05) is 39.3 Å². The van der Waals surface area contributed by atoms with E-state index in [1.54, 1.807) is 42.1 Å². The normalized spacial score (nSPS) is 18.3. The van der Waals surface area contributed by atoms with Gasteiger partial charge in [-0.15, -0.1) is 0 Å². The Morgan fingerprint density at radius 1 is 0.478 bits per heavy atom. The van der Waals surface area contributed by atoms with Crippen LogP contribution < -0.4 is 0 Å². The quantitative estimate of drug-likeness (QED) is 0.0549. The highest BCUT2D eigenvalue weighted by atomic mass is 35.5. The fraction of sp³-hybridized carbons (Fsp3) is 0.429. The lowest BCUT2D eigenvalue weighted by molar-refractivity contribution is 0.0167. The summed E-state index contributed by atoms with van der Waals surface area (Å²) in [4.78, 5) is 89.5. The molecule has 24 heteroatoms. The lowest BCUT2D eigenvalue weighted by atomic mass is 9.76. The Balaban J connectivity index is 0.000000150. The third kappa shape index (κ3) is 20.7. The minimum Gasteiger partial charge on any atom is -0.444 e. The maximum absolute atomic E-state index is 12.9. The van der Waals surface area contributed by atoms with E-state index in [1.807, 2.05) is 157 Å². The number of aromatic nitrogens is 9. The second-order valence-corrected chi connectivity index (χ2v) is 35.3. The minimum atomic E-state index is -0.631. The number of fused-ring (bicyclic) bond motifs is 6. The van der Waals surface area contributed by atoms with Gasteiger partial charge in [-0.3, -0.25) is 19.7 Å². The van der Waals surface area contributed by atoms with Crippen LogP contribution in [0.15, 0.2) is 147 Å². The summed E-state index contributed by atoms with van der Waals surface area (Å²) in [6.45, 7) is 20.9. The number of nitrogens with zero attached hydrogens (tertiary/aromatic N) is 10. The van der Waals surface area contributed by atoms with Crippen molar-refractivity contribution in [3.8, 4) is 0 Å². The number of aryl methyl sites for hydroxylation is 1. The number of carbonyl (C=O) groups excluding carboxylic acids is 4. The van der Waals surface area contributed by atoms with Gasteiger partial charge in [0.05, 0.1) is 72.1 Å². The molecule has 0 saturated carbocycles. The van der Waals surface area contributed by atoms with Gasteiger partial charge in [0, 0.05) is 110 Å². The van der Waals surface area contributed by atoms with Crippen LogP contribution in [0, 0.1) is 17.8 Å². The first-order chi connectivity index (χ1) is 55.0. The van der Waals surface area contributed by atoms with Crippen LogP contribution in [0.3, 0.4) is 0 Å². The molecule has 6 aliphatic rings. The van der Waals surface area contributed by atoms with E-state index >= 15 is 0 Å². The van der Waals surface area contributed by atoms with E-state index < -0.39 is 29.0 Å². The topological polar surface area (TPSA) is 260 Å². The molecule has 15 rings (SSSR count). The number of ether oxygens (including phenoxy) is 3. The van der Waals surface area contributed by atoms with Gasteiger partial charge in [0.15, 0.2) is 5.78 Å². The number of amides is 3. The van der Waals surface area contributed by atoms with Crippen LogP contribution in [-0.2, 0) is 21.3 Å². The molecular formula is C91H105Cl3N12O9. The number of hydrogen-bond donors (Lipinski definition) is 4. The molecule has 3 fully saturated rings. The summed E-state index contributed by atoms with van der Waals surface area (Å²) in [6.07, 6.45) is 28.5.